The Labute approximate surface area is 110 Å². The highest BCUT2D eigenvalue weighted by Crippen LogP contribution is 2.22. The Balaban J connectivity index is 3.02. The van der Waals surface area contributed by atoms with Gasteiger partial charge in [0, 0.05) is 5.56 Å². The van der Waals surface area contributed by atoms with Crippen LogP contribution in [0.5, 0.6) is 0 Å². The minimum absolute atomic E-state index is 0.0448. The third-order valence-electron chi connectivity index (χ3n) is 3.08. The van der Waals surface area contributed by atoms with Crippen LogP contribution in [0.15, 0.2) is 43.0 Å². The molecule has 1 N–H and O–H groups in total. The summed E-state index contributed by atoms with van der Waals surface area (Å²) in [6.45, 7) is 6.66. The molecule has 0 saturated heterocycles. The van der Waals surface area contributed by atoms with Crippen LogP contribution in [0, 0.1) is 0 Å². The van der Waals surface area contributed by atoms with Gasteiger partial charge in [-0.25, -0.2) is 0 Å². The third kappa shape index (κ3) is 3.70. The van der Waals surface area contributed by atoms with Gasteiger partial charge in [-0.2, -0.15) is 0 Å². The highest BCUT2D eigenvalue weighted by molar-refractivity contribution is 5.87. The van der Waals surface area contributed by atoms with Crippen molar-refractivity contribution >= 4 is 5.91 Å². The van der Waals surface area contributed by atoms with Crippen molar-refractivity contribution in [1.82, 2.24) is 5.32 Å². The molecule has 0 aliphatic carbocycles. The molecule has 0 bridgehead atoms. The first-order valence-electron chi connectivity index (χ1n) is 6.32. The van der Waals surface area contributed by atoms with Crippen LogP contribution >= 0.6 is 0 Å². The van der Waals surface area contributed by atoms with E-state index in [9.17, 15) is 4.79 Å². The van der Waals surface area contributed by atoms with Crippen molar-refractivity contribution in [3.8, 4) is 0 Å². The Hall–Kier alpha value is -1.61. The van der Waals surface area contributed by atoms with Gasteiger partial charge in [-0.1, -0.05) is 43.8 Å². The summed E-state index contributed by atoms with van der Waals surface area (Å²) in [4.78, 5) is 11.6. The fourth-order valence-corrected chi connectivity index (χ4v) is 2.20. The van der Waals surface area contributed by atoms with Crippen LogP contribution in [0.3, 0.4) is 0 Å². The van der Waals surface area contributed by atoms with Crippen LogP contribution in [0.25, 0.3) is 0 Å². The number of carbonyl (C=O) groups is 1. The molecule has 0 aliphatic heterocycles. The van der Waals surface area contributed by atoms with E-state index >= 15 is 0 Å². The molecule has 1 rings (SSSR count). The summed E-state index contributed by atoms with van der Waals surface area (Å²) in [6.07, 6.45) is 2.35. The number of benzene rings is 1. The fourth-order valence-electron chi connectivity index (χ4n) is 2.20. The largest absolute Gasteiger partial charge is 0.305 e. The van der Waals surface area contributed by atoms with Gasteiger partial charge in [0.15, 0.2) is 6.17 Å². The molecule has 1 amide bonds. The predicted molar refractivity (Wildman–Crippen MR) is 74.8 cm³/mol. The van der Waals surface area contributed by atoms with E-state index in [-0.39, 0.29) is 12.1 Å². The van der Waals surface area contributed by atoms with Gasteiger partial charge in [0.05, 0.1) is 20.6 Å². The Morgan fingerprint density at radius 2 is 2.00 bits per heavy atom. The zero-order valence-electron chi connectivity index (χ0n) is 11.5. The van der Waals surface area contributed by atoms with E-state index in [1.54, 1.807) is 0 Å². The van der Waals surface area contributed by atoms with Crippen molar-refractivity contribution in [2.45, 2.75) is 19.5 Å². The molecule has 3 heteroatoms. The van der Waals surface area contributed by atoms with Gasteiger partial charge in [-0.3, -0.25) is 10.1 Å². The van der Waals surface area contributed by atoms with Crippen LogP contribution in [-0.2, 0) is 4.79 Å². The number of amides is 1. The molecule has 1 atom stereocenters. The Kier molecular flexibility index (Phi) is 5.10. The maximum Gasteiger partial charge on any atom is 0.248 e. The molecule has 0 aromatic heterocycles. The van der Waals surface area contributed by atoms with Crippen LogP contribution in [0.2, 0.25) is 0 Å². The van der Waals surface area contributed by atoms with Crippen LogP contribution < -0.4 is 5.32 Å². The number of carbonyl (C=O) groups excluding carboxylic acids is 1. The van der Waals surface area contributed by atoms with E-state index in [2.05, 4.69) is 32.9 Å². The fraction of sp³-hybridized carbons (Fsp3) is 0.400. The summed E-state index contributed by atoms with van der Waals surface area (Å²) in [5, 5.41) is 3.02. The lowest BCUT2D eigenvalue weighted by atomic mass is 10.1. The second-order valence-electron chi connectivity index (χ2n) is 5.03. The number of quaternary nitrogens is 1. The van der Waals surface area contributed by atoms with Gasteiger partial charge in [-0.15, -0.1) is 0 Å². The monoisotopic (exact) mass is 247 g/mol. The summed E-state index contributed by atoms with van der Waals surface area (Å²) in [7, 11) is 4.26. The summed E-state index contributed by atoms with van der Waals surface area (Å²) in [5.74, 6) is -0.133. The molecular weight excluding hydrogens is 224 g/mol. The van der Waals surface area contributed by atoms with Crippen LogP contribution in [0.1, 0.15) is 25.1 Å². The zero-order chi connectivity index (χ0) is 13.6. The molecule has 0 spiro atoms. The van der Waals surface area contributed by atoms with Gasteiger partial charge in [0.25, 0.3) is 0 Å². The lowest BCUT2D eigenvalue weighted by molar-refractivity contribution is -0.923. The summed E-state index contributed by atoms with van der Waals surface area (Å²) >= 11 is 0. The number of nitrogens with one attached hydrogen (secondary N) is 1. The van der Waals surface area contributed by atoms with E-state index in [0.29, 0.717) is 0 Å². The second-order valence-corrected chi connectivity index (χ2v) is 5.03. The molecule has 18 heavy (non-hydrogen) atoms. The third-order valence-corrected chi connectivity index (χ3v) is 3.08. The molecule has 1 unspecified atom stereocenters. The first-order valence-corrected chi connectivity index (χ1v) is 6.32. The SMILES string of the molecule is C=CC(=O)NC(c1ccccc1)[N+](C)(C)CCC. The summed E-state index contributed by atoms with van der Waals surface area (Å²) < 4.78 is 0.722. The maximum atomic E-state index is 11.6. The van der Waals surface area contributed by atoms with Gasteiger partial charge in [-0.05, 0) is 12.5 Å². The van der Waals surface area contributed by atoms with E-state index in [0.717, 1.165) is 23.0 Å². The highest BCUT2D eigenvalue weighted by atomic mass is 16.1. The van der Waals surface area contributed by atoms with E-state index in [1.165, 1.54) is 6.08 Å². The Bertz CT molecular complexity index is 398. The lowest BCUT2D eigenvalue weighted by Crippen LogP contribution is -2.51. The molecule has 98 valence electrons. The Morgan fingerprint density at radius 3 is 2.50 bits per heavy atom. The number of hydrogen-bond donors (Lipinski definition) is 1. The highest BCUT2D eigenvalue weighted by Gasteiger charge is 2.29. The molecule has 3 nitrogen and oxygen atoms in total. The average molecular weight is 247 g/mol. The zero-order valence-corrected chi connectivity index (χ0v) is 11.5. The molecule has 1 aromatic rings. The van der Waals surface area contributed by atoms with Crippen molar-refractivity contribution in [3.05, 3.63) is 48.6 Å². The van der Waals surface area contributed by atoms with E-state index in [1.807, 2.05) is 30.3 Å². The molecule has 1 aromatic carbocycles. The molecule has 0 saturated carbocycles. The molecule has 0 aliphatic rings. The van der Waals surface area contributed by atoms with E-state index < -0.39 is 0 Å². The Morgan fingerprint density at radius 1 is 1.39 bits per heavy atom. The topological polar surface area (TPSA) is 29.1 Å². The van der Waals surface area contributed by atoms with Gasteiger partial charge < -0.3 is 4.48 Å². The van der Waals surface area contributed by atoms with E-state index in [4.69, 9.17) is 0 Å². The first kappa shape index (κ1) is 14.5. The number of nitrogens with zero attached hydrogens (tertiary/aromatic N) is 1. The standard InChI is InChI=1S/C15H22N2O/c1-5-12-17(3,4)15(16-14(18)6-2)13-10-8-7-9-11-13/h6-11,15H,2,5,12H2,1,3-4H3/p+1. The smallest absolute Gasteiger partial charge is 0.248 e. The van der Waals surface area contributed by atoms with Crippen molar-refractivity contribution in [1.29, 1.82) is 0 Å². The molecule has 0 radical (unpaired) electrons. The van der Waals surface area contributed by atoms with Crippen LogP contribution in [-0.4, -0.2) is 31.0 Å². The van der Waals surface area contributed by atoms with Crippen molar-refractivity contribution in [2.75, 3.05) is 20.6 Å². The molecule has 0 fully saturated rings. The summed E-state index contributed by atoms with van der Waals surface area (Å²) in [5.41, 5.74) is 1.12. The first-order chi connectivity index (χ1) is 8.51. The van der Waals surface area contributed by atoms with Crippen LogP contribution in [0.4, 0.5) is 0 Å². The number of hydrogen-bond acceptors (Lipinski definition) is 1. The van der Waals surface area contributed by atoms with Crippen molar-refractivity contribution < 1.29 is 9.28 Å². The normalized spacial score (nSPS) is 12.8. The maximum absolute atomic E-state index is 11.6. The number of rotatable bonds is 6. The second kappa shape index (κ2) is 6.36. The van der Waals surface area contributed by atoms with Gasteiger partial charge >= 0.3 is 0 Å². The van der Waals surface area contributed by atoms with Crippen molar-refractivity contribution in [2.24, 2.45) is 0 Å². The minimum Gasteiger partial charge on any atom is -0.305 e. The summed E-state index contributed by atoms with van der Waals surface area (Å²) in [6, 6.07) is 10.1. The lowest BCUT2D eigenvalue weighted by Gasteiger charge is -2.38. The quantitative estimate of drug-likeness (QED) is 0.467. The molecule has 0 heterocycles. The average Bonchev–Trinajstić information content (AvgIpc) is 2.36. The van der Waals surface area contributed by atoms with Gasteiger partial charge in [0.1, 0.15) is 0 Å². The van der Waals surface area contributed by atoms with Gasteiger partial charge in [0.2, 0.25) is 5.91 Å². The molecular formula is C15H23N2O+. The predicted octanol–water partition coefficient (Wildman–Crippen LogP) is 2.47. The minimum atomic E-state index is -0.133. The van der Waals surface area contributed by atoms with Crippen molar-refractivity contribution in [3.63, 3.8) is 0 Å².